The van der Waals surface area contributed by atoms with Gasteiger partial charge in [-0.2, -0.15) is 0 Å². The van der Waals surface area contributed by atoms with Crippen molar-refractivity contribution in [2.24, 2.45) is 11.8 Å². The van der Waals surface area contributed by atoms with Crippen LogP contribution in [-0.4, -0.2) is 37.6 Å². The highest BCUT2D eigenvalue weighted by molar-refractivity contribution is 7.09. The average molecular weight is 307 g/mol. The highest BCUT2D eigenvalue weighted by atomic mass is 32.1. The molecule has 3 heteroatoms. The number of rotatable bonds is 5. The van der Waals surface area contributed by atoms with Crippen LogP contribution < -0.4 is 5.32 Å². The molecule has 0 amide bonds. The summed E-state index contributed by atoms with van der Waals surface area (Å²) >= 11 is 1.92. The zero-order valence-electron chi connectivity index (χ0n) is 13.4. The molecule has 3 rings (SSSR count). The maximum Gasteiger partial charge on any atom is 0.0198 e. The van der Waals surface area contributed by atoms with Crippen molar-refractivity contribution >= 4 is 11.3 Å². The summed E-state index contributed by atoms with van der Waals surface area (Å²) in [7, 11) is 2.29. The van der Waals surface area contributed by atoms with Crippen LogP contribution in [0.5, 0.6) is 0 Å². The van der Waals surface area contributed by atoms with Gasteiger partial charge in [-0.1, -0.05) is 25.3 Å². The molecule has 2 atom stereocenters. The Morgan fingerprint density at radius 3 is 2.81 bits per heavy atom. The number of thiophene rings is 1. The second-order valence-electron chi connectivity index (χ2n) is 7.22. The molecule has 1 N–H and O–H groups in total. The Balaban J connectivity index is 1.46. The summed E-state index contributed by atoms with van der Waals surface area (Å²) in [6, 6.07) is 5.19. The topological polar surface area (TPSA) is 15.3 Å². The van der Waals surface area contributed by atoms with Gasteiger partial charge in [0.25, 0.3) is 0 Å². The fourth-order valence-electron chi connectivity index (χ4n) is 4.18. The van der Waals surface area contributed by atoms with E-state index in [2.05, 4.69) is 34.8 Å². The monoisotopic (exact) mass is 306 g/mol. The van der Waals surface area contributed by atoms with Gasteiger partial charge in [0.05, 0.1) is 0 Å². The number of nitrogens with zero attached hydrogens (tertiary/aromatic N) is 1. The zero-order chi connectivity index (χ0) is 14.5. The summed E-state index contributed by atoms with van der Waals surface area (Å²) in [4.78, 5) is 4.08. The maximum absolute atomic E-state index is 3.89. The van der Waals surface area contributed by atoms with Crippen molar-refractivity contribution in [2.75, 3.05) is 26.7 Å². The van der Waals surface area contributed by atoms with Gasteiger partial charge in [0, 0.05) is 24.0 Å². The van der Waals surface area contributed by atoms with Gasteiger partial charge in [0.15, 0.2) is 0 Å². The number of likely N-dealkylation sites (N-methyl/N-ethyl adjacent to an activating group) is 1. The van der Waals surface area contributed by atoms with E-state index < -0.39 is 0 Å². The van der Waals surface area contributed by atoms with Crippen LogP contribution in [0.1, 0.15) is 43.4 Å². The lowest BCUT2D eigenvalue weighted by Crippen LogP contribution is -2.49. The standard InChI is InChI=1S/C18H30N2S/c1-20-13-16(11-18-8-5-9-21-18)10-17(14-20)19-12-15-6-3-2-4-7-15/h5,8-9,15-17,19H,2-4,6-7,10-14H2,1H3. The maximum atomic E-state index is 3.89. The van der Waals surface area contributed by atoms with Gasteiger partial charge in [-0.05, 0) is 62.6 Å². The Hall–Kier alpha value is -0.380. The van der Waals surface area contributed by atoms with Gasteiger partial charge in [0.2, 0.25) is 0 Å². The van der Waals surface area contributed by atoms with Crippen molar-refractivity contribution in [2.45, 2.75) is 51.0 Å². The summed E-state index contributed by atoms with van der Waals surface area (Å²) in [6.07, 6.45) is 9.91. The number of hydrogen-bond acceptors (Lipinski definition) is 3. The predicted molar refractivity (Wildman–Crippen MR) is 92.0 cm³/mol. The van der Waals surface area contributed by atoms with Gasteiger partial charge in [0.1, 0.15) is 0 Å². The Morgan fingerprint density at radius 2 is 2.05 bits per heavy atom. The van der Waals surface area contributed by atoms with Crippen LogP contribution >= 0.6 is 11.3 Å². The first-order chi connectivity index (χ1) is 10.3. The normalized spacial score (nSPS) is 28.8. The number of hydrogen-bond donors (Lipinski definition) is 1. The molecule has 0 spiro atoms. The zero-order valence-corrected chi connectivity index (χ0v) is 14.2. The summed E-state index contributed by atoms with van der Waals surface area (Å²) in [6.45, 7) is 3.75. The lowest BCUT2D eigenvalue weighted by Gasteiger charge is -2.37. The smallest absolute Gasteiger partial charge is 0.0198 e. The molecule has 2 fully saturated rings. The highest BCUT2D eigenvalue weighted by Crippen LogP contribution is 2.25. The molecule has 1 saturated heterocycles. The molecule has 2 nitrogen and oxygen atoms in total. The molecule has 0 bridgehead atoms. The predicted octanol–water partition coefficient (Wildman–Crippen LogP) is 3.78. The van der Waals surface area contributed by atoms with Gasteiger partial charge >= 0.3 is 0 Å². The van der Waals surface area contributed by atoms with E-state index in [1.54, 1.807) is 4.88 Å². The molecule has 1 aromatic heterocycles. The molecular formula is C18H30N2S. The molecular weight excluding hydrogens is 276 g/mol. The van der Waals surface area contributed by atoms with E-state index in [1.807, 2.05) is 11.3 Å². The molecule has 2 unspecified atom stereocenters. The second kappa shape index (κ2) is 7.75. The van der Waals surface area contributed by atoms with Crippen LogP contribution in [0.3, 0.4) is 0 Å². The highest BCUT2D eigenvalue weighted by Gasteiger charge is 2.26. The fraction of sp³-hybridized carbons (Fsp3) is 0.778. The lowest BCUT2D eigenvalue weighted by atomic mass is 9.88. The first-order valence-electron chi connectivity index (χ1n) is 8.74. The van der Waals surface area contributed by atoms with E-state index in [9.17, 15) is 0 Å². The van der Waals surface area contributed by atoms with Crippen LogP contribution in [0.25, 0.3) is 0 Å². The van der Waals surface area contributed by atoms with Gasteiger partial charge < -0.3 is 10.2 Å². The van der Waals surface area contributed by atoms with Crippen molar-refractivity contribution < 1.29 is 0 Å². The van der Waals surface area contributed by atoms with Crippen LogP contribution in [0.2, 0.25) is 0 Å². The summed E-state index contributed by atoms with van der Waals surface area (Å²) < 4.78 is 0. The van der Waals surface area contributed by atoms with E-state index in [0.717, 1.165) is 11.8 Å². The largest absolute Gasteiger partial charge is 0.312 e. The first-order valence-corrected chi connectivity index (χ1v) is 9.62. The molecule has 2 aliphatic rings. The SMILES string of the molecule is CN1CC(Cc2cccs2)CC(NCC2CCCCC2)C1. The van der Waals surface area contributed by atoms with E-state index in [4.69, 9.17) is 0 Å². The summed E-state index contributed by atoms with van der Waals surface area (Å²) in [5, 5.41) is 6.10. The Bertz CT molecular complexity index is 397. The third-order valence-electron chi connectivity index (χ3n) is 5.21. The van der Waals surface area contributed by atoms with E-state index >= 15 is 0 Å². The first kappa shape index (κ1) is 15.5. The minimum absolute atomic E-state index is 0.704. The lowest BCUT2D eigenvalue weighted by molar-refractivity contribution is 0.163. The van der Waals surface area contributed by atoms with Gasteiger partial charge in [-0.15, -0.1) is 11.3 Å². The molecule has 0 radical (unpaired) electrons. The number of nitrogens with one attached hydrogen (secondary N) is 1. The minimum atomic E-state index is 0.704. The Kier molecular flexibility index (Phi) is 5.73. The fourth-order valence-corrected chi connectivity index (χ4v) is 5.00. The van der Waals surface area contributed by atoms with Crippen molar-refractivity contribution in [1.29, 1.82) is 0 Å². The molecule has 1 saturated carbocycles. The van der Waals surface area contributed by atoms with Crippen LogP contribution in [0, 0.1) is 11.8 Å². The molecule has 2 heterocycles. The molecule has 1 aliphatic heterocycles. The third kappa shape index (κ3) is 4.80. The van der Waals surface area contributed by atoms with Crippen molar-refractivity contribution in [3.63, 3.8) is 0 Å². The van der Waals surface area contributed by atoms with Crippen molar-refractivity contribution in [3.8, 4) is 0 Å². The van der Waals surface area contributed by atoms with Crippen LogP contribution in [0.15, 0.2) is 17.5 Å². The molecule has 21 heavy (non-hydrogen) atoms. The Labute approximate surface area is 133 Å². The van der Waals surface area contributed by atoms with Gasteiger partial charge in [-0.3, -0.25) is 0 Å². The van der Waals surface area contributed by atoms with Crippen molar-refractivity contribution in [3.05, 3.63) is 22.4 Å². The molecule has 118 valence electrons. The summed E-state index contributed by atoms with van der Waals surface area (Å²) in [5.74, 6) is 1.77. The molecule has 0 aromatic carbocycles. The quantitative estimate of drug-likeness (QED) is 0.890. The van der Waals surface area contributed by atoms with E-state index in [1.165, 1.54) is 64.6 Å². The third-order valence-corrected chi connectivity index (χ3v) is 6.11. The summed E-state index contributed by atoms with van der Waals surface area (Å²) in [5.41, 5.74) is 0. The van der Waals surface area contributed by atoms with E-state index in [-0.39, 0.29) is 0 Å². The Morgan fingerprint density at radius 1 is 1.19 bits per heavy atom. The minimum Gasteiger partial charge on any atom is -0.312 e. The second-order valence-corrected chi connectivity index (χ2v) is 8.25. The van der Waals surface area contributed by atoms with Crippen molar-refractivity contribution in [1.82, 2.24) is 10.2 Å². The average Bonchev–Trinajstić information content (AvgIpc) is 2.99. The number of piperidine rings is 1. The van der Waals surface area contributed by atoms with Crippen LogP contribution in [0.4, 0.5) is 0 Å². The number of likely N-dealkylation sites (tertiary alicyclic amines) is 1. The molecule has 1 aromatic rings. The van der Waals surface area contributed by atoms with Crippen LogP contribution in [-0.2, 0) is 6.42 Å². The van der Waals surface area contributed by atoms with E-state index in [0.29, 0.717) is 6.04 Å². The molecule has 1 aliphatic carbocycles. The van der Waals surface area contributed by atoms with Gasteiger partial charge in [-0.25, -0.2) is 0 Å².